The molecule has 3 nitrogen and oxygen atoms in total. The Morgan fingerprint density at radius 3 is 2.26 bits per heavy atom. The van der Waals surface area contributed by atoms with E-state index >= 15 is 4.39 Å². The summed E-state index contributed by atoms with van der Waals surface area (Å²) in [4.78, 5) is 13.2. The molecule has 1 unspecified atom stereocenters. The number of pyridine rings is 1. The Hall–Kier alpha value is -2.23. The number of rotatable bonds is 3. The van der Waals surface area contributed by atoms with Gasteiger partial charge in [0.2, 0.25) is 6.41 Å². The summed E-state index contributed by atoms with van der Waals surface area (Å²) in [6, 6.07) is 10.0. The van der Waals surface area contributed by atoms with E-state index in [0.717, 1.165) is 34.4 Å². The third-order valence-corrected chi connectivity index (χ3v) is 5.48. The predicted molar refractivity (Wildman–Crippen MR) is 108 cm³/mol. The van der Waals surface area contributed by atoms with Crippen molar-refractivity contribution >= 4 is 6.41 Å². The van der Waals surface area contributed by atoms with Crippen LogP contribution in [0.25, 0.3) is 0 Å². The third kappa shape index (κ3) is 3.50. The van der Waals surface area contributed by atoms with Gasteiger partial charge in [0.25, 0.3) is 0 Å². The summed E-state index contributed by atoms with van der Waals surface area (Å²) in [7, 11) is 0. The molecule has 0 saturated heterocycles. The molecule has 1 atom stereocenters. The first kappa shape index (κ1) is 21.1. The van der Waals surface area contributed by atoms with Gasteiger partial charge in [-0.15, -0.1) is 0 Å². The smallest absolute Gasteiger partial charge is 0.204 e. The largest absolute Gasteiger partial charge is 0.372 e. The second-order valence-corrected chi connectivity index (χ2v) is 8.48. The minimum absolute atomic E-state index is 0.190. The third-order valence-electron chi connectivity index (χ3n) is 5.48. The number of alkyl halides is 1. The van der Waals surface area contributed by atoms with E-state index in [1.807, 2.05) is 44.3 Å². The normalized spacial score (nSPS) is 20.2. The van der Waals surface area contributed by atoms with Crippen molar-refractivity contribution in [3.63, 3.8) is 0 Å². The van der Waals surface area contributed by atoms with E-state index in [1.54, 1.807) is 0 Å². The molecular formula is C23H31FN2O. The lowest BCUT2D eigenvalue weighted by Gasteiger charge is -2.39. The Kier molecular flexibility index (Phi) is 6.08. The number of hydrogen-bond acceptors (Lipinski definition) is 2. The summed E-state index contributed by atoms with van der Waals surface area (Å²) >= 11 is 0. The molecule has 3 rings (SSSR count). The highest BCUT2D eigenvalue weighted by Crippen LogP contribution is 2.58. The minimum atomic E-state index is -1.50. The van der Waals surface area contributed by atoms with E-state index in [0.29, 0.717) is 0 Å². The highest BCUT2D eigenvalue weighted by molar-refractivity contribution is 5.53. The SMILES string of the molecule is CC(C)c1ccnc(C(C)C)c1C1(F)c2ccccc2CC1(C)C.NC=O. The highest BCUT2D eigenvalue weighted by Gasteiger charge is 2.56. The first-order chi connectivity index (χ1) is 12.6. The Bertz CT molecular complexity index is 788. The average Bonchev–Trinajstić information content (AvgIpc) is 2.81. The van der Waals surface area contributed by atoms with Gasteiger partial charge in [-0.3, -0.25) is 9.78 Å². The van der Waals surface area contributed by atoms with Crippen molar-refractivity contribution in [2.45, 2.75) is 65.5 Å². The number of benzene rings is 1. The molecule has 0 radical (unpaired) electrons. The van der Waals surface area contributed by atoms with Gasteiger partial charge >= 0.3 is 0 Å². The molecule has 0 saturated carbocycles. The molecule has 2 aromatic rings. The van der Waals surface area contributed by atoms with Crippen molar-refractivity contribution in [2.75, 3.05) is 0 Å². The molecule has 0 spiro atoms. The topological polar surface area (TPSA) is 56.0 Å². The van der Waals surface area contributed by atoms with Gasteiger partial charge < -0.3 is 5.73 Å². The summed E-state index contributed by atoms with van der Waals surface area (Å²) in [5, 5.41) is 0. The van der Waals surface area contributed by atoms with Gasteiger partial charge in [-0.25, -0.2) is 4.39 Å². The van der Waals surface area contributed by atoms with E-state index in [-0.39, 0.29) is 18.2 Å². The van der Waals surface area contributed by atoms with Gasteiger partial charge in [-0.05, 0) is 41.0 Å². The second kappa shape index (κ2) is 7.79. The van der Waals surface area contributed by atoms with E-state index < -0.39 is 11.1 Å². The minimum Gasteiger partial charge on any atom is -0.372 e. The molecular weight excluding hydrogens is 339 g/mol. The summed E-state index contributed by atoms with van der Waals surface area (Å²) in [6.45, 7) is 12.6. The van der Waals surface area contributed by atoms with Crippen LogP contribution in [0.15, 0.2) is 36.5 Å². The molecule has 146 valence electrons. The monoisotopic (exact) mass is 370 g/mol. The molecule has 2 N–H and O–H groups in total. The number of aromatic nitrogens is 1. The summed E-state index contributed by atoms with van der Waals surface area (Å²) < 4.78 is 17.0. The molecule has 1 aromatic heterocycles. The second-order valence-electron chi connectivity index (χ2n) is 8.48. The zero-order valence-electron chi connectivity index (χ0n) is 17.2. The Labute approximate surface area is 162 Å². The van der Waals surface area contributed by atoms with Crippen LogP contribution >= 0.6 is 0 Å². The van der Waals surface area contributed by atoms with Crippen molar-refractivity contribution < 1.29 is 9.18 Å². The molecule has 27 heavy (non-hydrogen) atoms. The van der Waals surface area contributed by atoms with Crippen LogP contribution < -0.4 is 5.73 Å². The lowest BCUT2D eigenvalue weighted by Crippen LogP contribution is -2.38. The van der Waals surface area contributed by atoms with Gasteiger partial charge in [0.15, 0.2) is 5.67 Å². The van der Waals surface area contributed by atoms with Crippen LogP contribution in [0.3, 0.4) is 0 Å². The molecule has 1 aliphatic carbocycles. The number of amides is 1. The lowest BCUT2D eigenvalue weighted by atomic mass is 9.69. The van der Waals surface area contributed by atoms with Gasteiger partial charge in [0, 0.05) is 22.9 Å². The maximum absolute atomic E-state index is 17.0. The van der Waals surface area contributed by atoms with Crippen LogP contribution in [-0.4, -0.2) is 11.4 Å². The maximum Gasteiger partial charge on any atom is 0.204 e. The van der Waals surface area contributed by atoms with Crippen LogP contribution in [0.1, 0.15) is 81.3 Å². The van der Waals surface area contributed by atoms with Crippen LogP contribution in [0.5, 0.6) is 0 Å². The van der Waals surface area contributed by atoms with E-state index in [9.17, 15) is 0 Å². The van der Waals surface area contributed by atoms with Crippen molar-refractivity contribution in [3.05, 3.63) is 64.5 Å². The van der Waals surface area contributed by atoms with Crippen molar-refractivity contribution in [1.29, 1.82) is 0 Å². The first-order valence-electron chi connectivity index (χ1n) is 9.53. The fourth-order valence-electron chi connectivity index (χ4n) is 4.23. The number of carbonyl (C=O) groups is 1. The van der Waals surface area contributed by atoms with Gasteiger partial charge in [-0.2, -0.15) is 0 Å². The zero-order chi connectivity index (χ0) is 20.4. The van der Waals surface area contributed by atoms with Gasteiger partial charge in [0.05, 0.1) is 0 Å². The van der Waals surface area contributed by atoms with Crippen LogP contribution in [-0.2, 0) is 16.9 Å². The van der Waals surface area contributed by atoms with Crippen molar-refractivity contribution in [3.8, 4) is 0 Å². The van der Waals surface area contributed by atoms with Crippen molar-refractivity contribution in [1.82, 2.24) is 4.98 Å². The Morgan fingerprint density at radius 1 is 1.11 bits per heavy atom. The van der Waals surface area contributed by atoms with Crippen molar-refractivity contribution in [2.24, 2.45) is 11.1 Å². The number of nitrogens with zero attached hydrogens (tertiary/aromatic N) is 1. The number of nitrogens with two attached hydrogens (primary N) is 1. The van der Waals surface area contributed by atoms with Gasteiger partial charge in [0.1, 0.15) is 0 Å². The molecule has 0 bridgehead atoms. The number of hydrogen-bond donors (Lipinski definition) is 1. The molecule has 0 aliphatic heterocycles. The van der Waals surface area contributed by atoms with E-state index in [4.69, 9.17) is 4.79 Å². The molecule has 1 aromatic carbocycles. The van der Waals surface area contributed by atoms with Crippen LogP contribution in [0.2, 0.25) is 0 Å². The number of fused-ring (bicyclic) bond motifs is 1. The first-order valence-corrected chi connectivity index (χ1v) is 9.53. The molecule has 1 amide bonds. The molecule has 0 fully saturated rings. The molecule has 1 heterocycles. The highest BCUT2D eigenvalue weighted by atomic mass is 19.1. The zero-order valence-corrected chi connectivity index (χ0v) is 17.2. The average molecular weight is 371 g/mol. The maximum atomic E-state index is 17.0. The Morgan fingerprint density at radius 2 is 1.70 bits per heavy atom. The predicted octanol–water partition coefficient (Wildman–Crippen LogP) is 5.23. The van der Waals surface area contributed by atoms with Gasteiger partial charge in [-0.1, -0.05) is 65.8 Å². The lowest BCUT2D eigenvalue weighted by molar-refractivity contribution is -0.106. The van der Waals surface area contributed by atoms with Crippen LogP contribution in [0, 0.1) is 5.41 Å². The molecule has 1 aliphatic rings. The Balaban J connectivity index is 0.000000817. The number of carbonyl (C=O) groups excluding carboxylic acids is 1. The number of primary amides is 1. The standard InChI is InChI=1S/C22H28FN.CH3NO/c1-14(2)17-11-12-24-20(15(3)4)19(17)22(23)18-10-8-7-9-16(18)13-21(22,5)6;2-1-3/h7-12,14-15H,13H2,1-6H3;1H,(H2,2,3). The number of halogens is 1. The summed E-state index contributed by atoms with van der Waals surface area (Å²) in [5.74, 6) is 0.451. The summed E-state index contributed by atoms with van der Waals surface area (Å²) in [6.07, 6.45) is 2.84. The van der Waals surface area contributed by atoms with Crippen LogP contribution in [0.4, 0.5) is 4.39 Å². The fraction of sp³-hybridized carbons (Fsp3) is 0.478. The fourth-order valence-corrected chi connectivity index (χ4v) is 4.23. The van der Waals surface area contributed by atoms with E-state index in [2.05, 4.69) is 44.5 Å². The van der Waals surface area contributed by atoms with E-state index in [1.165, 1.54) is 0 Å². The molecule has 4 heteroatoms. The quantitative estimate of drug-likeness (QED) is 0.753. The summed E-state index contributed by atoms with van der Waals surface area (Å²) in [5.41, 5.74) is 6.91.